The second-order valence-electron chi connectivity index (χ2n) is 7.12. The van der Waals surface area contributed by atoms with E-state index in [1.165, 1.54) is 44.9 Å². The molecule has 0 aromatic heterocycles. The van der Waals surface area contributed by atoms with E-state index in [0.29, 0.717) is 5.69 Å². The van der Waals surface area contributed by atoms with Gasteiger partial charge < -0.3 is 10.6 Å². The maximum Gasteiger partial charge on any atom is 0.313 e. The minimum absolute atomic E-state index is 0.116. The molecule has 0 aliphatic heterocycles. The van der Waals surface area contributed by atoms with E-state index >= 15 is 0 Å². The van der Waals surface area contributed by atoms with Crippen molar-refractivity contribution >= 4 is 29.3 Å². The first kappa shape index (κ1) is 20.8. The summed E-state index contributed by atoms with van der Waals surface area (Å²) in [5.41, 5.74) is 0.663. The van der Waals surface area contributed by atoms with Gasteiger partial charge in [0.2, 0.25) is 0 Å². The summed E-state index contributed by atoms with van der Waals surface area (Å²) in [6, 6.07) is 7.66. The molecule has 0 unspecified atom stereocenters. The topological polar surface area (TPSA) is 58.2 Å². The van der Waals surface area contributed by atoms with Gasteiger partial charge in [0, 0.05) is 16.6 Å². The van der Waals surface area contributed by atoms with Crippen molar-refractivity contribution in [3.63, 3.8) is 0 Å². The molecule has 2 N–H and O–H groups in total. The van der Waals surface area contributed by atoms with E-state index in [0.717, 1.165) is 30.6 Å². The van der Waals surface area contributed by atoms with E-state index < -0.39 is 11.8 Å². The molecule has 0 spiro atoms. The van der Waals surface area contributed by atoms with E-state index in [1.807, 2.05) is 24.5 Å². The molecule has 1 aliphatic rings. The molecule has 2 amide bonds. The number of benzene rings is 1. The molecule has 2 rings (SSSR count). The number of thioether (sulfide) groups is 1. The first-order chi connectivity index (χ1) is 12.7. The van der Waals surface area contributed by atoms with Crippen molar-refractivity contribution in [3.05, 3.63) is 24.3 Å². The van der Waals surface area contributed by atoms with Gasteiger partial charge in [0.05, 0.1) is 0 Å². The van der Waals surface area contributed by atoms with E-state index in [4.69, 9.17) is 0 Å². The molecule has 144 valence electrons. The number of amides is 2. The molecule has 5 heteroatoms. The summed E-state index contributed by atoms with van der Waals surface area (Å²) in [6.45, 7) is 0. The highest BCUT2D eigenvalue weighted by Gasteiger charge is 2.19. The van der Waals surface area contributed by atoms with Crippen LogP contribution in [0.25, 0.3) is 0 Å². The van der Waals surface area contributed by atoms with Crippen molar-refractivity contribution in [2.24, 2.45) is 0 Å². The second-order valence-corrected chi connectivity index (χ2v) is 8.00. The smallest absolute Gasteiger partial charge is 0.313 e. The molecule has 0 radical (unpaired) electrons. The van der Waals surface area contributed by atoms with Crippen LogP contribution in [0.5, 0.6) is 0 Å². The zero-order valence-electron chi connectivity index (χ0n) is 15.9. The van der Waals surface area contributed by atoms with Crippen LogP contribution < -0.4 is 10.6 Å². The standard InChI is InChI=1S/C21H32N2O2S/c1-26-19-15-11-14-18(16-19)23-21(25)20(24)22-17-12-9-7-5-3-2-4-6-8-10-13-17/h11,14-17H,2-10,12-13H2,1H3,(H,22,24)(H,23,25). The average Bonchev–Trinajstić information content (AvgIpc) is 2.64. The summed E-state index contributed by atoms with van der Waals surface area (Å²) in [5, 5.41) is 5.67. The highest BCUT2D eigenvalue weighted by molar-refractivity contribution is 7.98. The number of rotatable bonds is 3. The molecule has 26 heavy (non-hydrogen) atoms. The normalized spacial score (nSPS) is 17.6. The van der Waals surface area contributed by atoms with Crippen LogP contribution in [0, 0.1) is 0 Å². The third kappa shape index (κ3) is 7.81. The Bertz CT molecular complexity index is 565. The van der Waals surface area contributed by atoms with Gasteiger partial charge in [-0.15, -0.1) is 11.8 Å². The molecule has 0 heterocycles. The number of carbonyl (C=O) groups excluding carboxylic acids is 2. The minimum Gasteiger partial charge on any atom is -0.345 e. The van der Waals surface area contributed by atoms with Gasteiger partial charge in [-0.1, -0.05) is 63.9 Å². The van der Waals surface area contributed by atoms with Gasteiger partial charge in [0.15, 0.2) is 0 Å². The largest absolute Gasteiger partial charge is 0.345 e. The van der Waals surface area contributed by atoms with Crippen molar-refractivity contribution in [2.45, 2.75) is 81.6 Å². The summed E-state index contributed by atoms with van der Waals surface area (Å²) < 4.78 is 0. The number of hydrogen-bond acceptors (Lipinski definition) is 3. The van der Waals surface area contributed by atoms with E-state index in [1.54, 1.807) is 17.8 Å². The number of nitrogens with one attached hydrogen (secondary N) is 2. The Balaban J connectivity index is 1.84. The van der Waals surface area contributed by atoms with Crippen molar-refractivity contribution in [1.29, 1.82) is 0 Å². The molecular formula is C21H32N2O2S. The molecule has 1 aromatic carbocycles. The van der Waals surface area contributed by atoms with Gasteiger partial charge in [-0.05, 0) is 37.3 Å². The lowest BCUT2D eigenvalue weighted by Crippen LogP contribution is -2.41. The molecule has 1 aliphatic carbocycles. The zero-order valence-corrected chi connectivity index (χ0v) is 16.7. The van der Waals surface area contributed by atoms with Crippen LogP contribution in [0.3, 0.4) is 0 Å². The van der Waals surface area contributed by atoms with Gasteiger partial charge in [-0.2, -0.15) is 0 Å². The van der Waals surface area contributed by atoms with E-state index in [-0.39, 0.29) is 6.04 Å². The molecule has 0 saturated heterocycles. The van der Waals surface area contributed by atoms with Gasteiger partial charge in [0.1, 0.15) is 0 Å². The van der Waals surface area contributed by atoms with Crippen molar-refractivity contribution in [1.82, 2.24) is 5.32 Å². The fourth-order valence-electron chi connectivity index (χ4n) is 3.45. The summed E-state index contributed by atoms with van der Waals surface area (Å²) in [4.78, 5) is 25.6. The average molecular weight is 377 g/mol. The number of carbonyl (C=O) groups is 2. The minimum atomic E-state index is -0.575. The highest BCUT2D eigenvalue weighted by atomic mass is 32.2. The van der Waals surface area contributed by atoms with E-state index in [2.05, 4.69) is 10.6 Å². The predicted molar refractivity (Wildman–Crippen MR) is 110 cm³/mol. The Morgan fingerprint density at radius 2 is 1.46 bits per heavy atom. The lowest BCUT2D eigenvalue weighted by Gasteiger charge is -2.19. The zero-order chi connectivity index (χ0) is 18.6. The molecule has 1 aromatic rings. The third-order valence-corrected chi connectivity index (χ3v) is 5.70. The molecule has 1 fully saturated rings. The Morgan fingerprint density at radius 1 is 0.885 bits per heavy atom. The maximum absolute atomic E-state index is 12.3. The predicted octanol–water partition coefficient (Wildman–Crippen LogP) is 5.14. The monoisotopic (exact) mass is 376 g/mol. The van der Waals surface area contributed by atoms with Crippen molar-refractivity contribution in [3.8, 4) is 0 Å². The van der Waals surface area contributed by atoms with Crippen molar-refractivity contribution < 1.29 is 9.59 Å². The summed E-state index contributed by atoms with van der Waals surface area (Å²) in [7, 11) is 0. The van der Waals surface area contributed by atoms with Gasteiger partial charge >= 0.3 is 11.8 Å². The number of anilines is 1. The first-order valence-electron chi connectivity index (χ1n) is 9.95. The Morgan fingerprint density at radius 3 is 2.04 bits per heavy atom. The maximum atomic E-state index is 12.3. The summed E-state index contributed by atoms with van der Waals surface area (Å²) in [6.07, 6.45) is 15.2. The molecule has 1 saturated carbocycles. The SMILES string of the molecule is CSc1cccc(NC(=O)C(=O)NC2CCCCCCCCCCC2)c1. The lowest BCUT2D eigenvalue weighted by atomic mass is 9.98. The first-order valence-corrected chi connectivity index (χ1v) is 11.2. The van der Waals surface area contributed by atoms with Gasteiger partial charge in [0.25, 0.3) is 0 Å². The van der Waals surface area contributed by atoms with E-state index in [9.17, 15) is 9.59 Å². The second kappa shape index (κ2) is 12.0. The Labute approximate surface area is 161 Å². The van der Waals surface area contributed by atoms with Crippen LogP contribution in [0.15, 0.2) is 29.2 Å². The summed E-state index contributed by atoms with van der Waals surface area (Å²) in [5.74, 6) is -1.09. The van der Waals surface area contributed by atoms with Gasteiger partial charge in [-0.25, -0.2) is 0 Å². The van der Waals surface area contributed by atoms with Crippen molar-refractivity contribution in [2.75, 3.05) is 11.6 Å². The fourth-order valence-corrected chi connectivity index (χ4v) is 3.91. The quantitative estimate of drug-likeness (QED) is 0.567. The van der Waals surface area contributed by atoms with Crippen LogP contribution >= 0.6 is 11.8 Å². The molecular weight excluding hydrogens is 344 g/mol. The highest BCUT2D eigenvalue weighted by Crippen LogP contribution is 2.19. The van der Waals surface area contributed by atoms with Crippen LogP contribution in [0.4, 0.5) is 5.69 Å². The fraction of sp³-hybridized carbons (Fsp3) is 0.619. The molecule has 0 bridgehead atoms. The third-order valence-electron chi connectivity index (χ3n) is 4.97. The van der Waals surface area contributed by atoms with Crippen LogP contribution in [0.2, 0.25) is 0 Å². The van der Waals surface area contributed by atoms with Gasteiger partial charge in [-0.3, -0.25) is 9.59 Å². The van der Waals surface area contributed by atoms with Crippen LogP contribution in [-0.4, -0.2) is 24.1 Å². The lowest BCUT2D eigenvalue weighted by molar-refractivity contribution is -0.136. The Kier molecular flexibility index (Phi) is 9.61. The Hall–Kier alpha value is -1.49. The van der Waals surface area contributed by atoms with Crippen LogP contribution in [-0.2, 0) is 9.59 Å². The van der Waals surface area contributed by atoms with Crippen LogP contribution in [0.1, 0.15) is 70.6 Å². The summed E-state index contributed by atoms with van der Waals surface area (Å²) >= 11 is 1.61. The molecule has 0 atom stereocenters. The number of hydrogen-bond donors (Lipinski definition) is 2. The molecule has 4 nitrogen and oxygen atoms in total.